The number of unbranched alkanes of at least 4 members (excludes halogenated alkanes) is 4. The van der Waals surface area contributed by atoms with Crippen molar-refractivity contribution in [3.05, 3.63) is 18.2 Å². The molecule has 1 aromatic rings. The summed E-state index contributed by atoms with van der Waals surface area (Å²) in [5.74, 6) is 2.11. The predicted molar refractivity (Wildman–Crippen MR) is 77.8 cm³/mol. The highest BCUT2D eigenvalue weighted by atomic mass is 15.1. The molecule has 0 unspecified atom stereocenters. The lowest BCUT2D eigenvalue weighted by atomic mass is 10.2. The van der Waals surface area contributed by atoms with Gasteiger partial charge >= 0.3 is 0 Å². The molecule has 104 valence electrons. The van der Waals surface area contributed by atoms with Gasteiger partial charge in [0.2, 0.25) is 0 Å². The molecule has 0 saturated heterocycles. The molecule has 0 aliphatic rings. The second kappa shape index (κ2) is 8.34. The highest BCUT2D eigenvalue weighted by Gasteiger charge is 2.19. The fourth-order valence-corrected chi connectivity index (χ4v) is 2.56. The molecule has 1 heterocycles. The Kier molecular flexibility index (Phi) is 7.07. The van der Waals surface area contributed by atoms with Gasteiger partial charge in [-0.1, -0.05) is 47.0 Å². The van der Waals surface area contributed by atoms with Crippen LogP contribution in [0.3, 0.4) is 0 Å². The molecule has 0 fully saturated rings. The molecule has 0 aromatic carbocycles. The predicted octanol–water partition coefficient (Wildman–Crippen LogP) is 4.28. The van der Waals surface area contributed by atoms with Crippen LogP contribution in [-0.2, 0) is 13.1 Å². The van der Waals surface area contributed by atoms with Gasteiger partial charge < -0.3 is 0 Å². The number of nitrogens with zero attached hydrogens (tertiary/aromatic N) is 2. The van der Waals surface area contributed by atoms with E-state index in [4.69, 9.17) is 0 Å². The van der Waals surface area contributed by atoms with E-state index in [0.29, 0.717) is 5.92 Å². The summed E-state index contributed by atoms with van der Waals surface area (Å²) in [5.41, 5.74) is 0. The van der Waals surface area contributed by atoms with E-state index < -0.39 is 0 Å². The maximum atomic E-state index is 2.47. The number of hydrogen-bond acceptors (Lipinski definition) is 0. The zero-order valence-corrected chi connectivity index (χ0v) is 12.8. The zero-order chi connectivity index (χ0) is 13.4. The van der Waals surface area contributed by atoms with Crippen LogP contribution < -0.4 is 4.57 Å². The number of rotatable bonds is 9. The minimum absolute atomic E-state index is 0.614. The normalized spacial score (nSPS) is 11.4. The Morgan fingerprint density at radius 1 is 1.06 bits per heavy atom. The molecule has 0 radical (unpaired) electrons. The van der Waals surface area contributed by atoms with Gasteiger partial charge in [-0.3, -0.25) is 0 Å². The first kappa shape index (κ1) is 15.3. The van der Waals surface area contributed by atoms with E-state index >= 15 is 0 Å². The van der Waals surface area contributed by atoms with Gasteiger partial charge in [0.15, 0.2) is 0 Å². The molecule has 1 aromatic heterocycles. The monoisotopic (exact) mass is 251 g/mol. The second-order valence-electron chi connectivity index (χ2n) is 5.61. The lowest BCUT2D eigenvalue weighted by Gasteiger charge is -2.07. The Morgan fingerprint density at radius 3 is 2.39 bits per heavy atom. The second-order valence-corrected chi connectivity index (χ2v) is 5.61. The SMILES string of the molecule is CCCCCC[n+]1ccn(CCCC)c1C(C)C. The van der Waals surface area contributed by atoms with Crippen molar-refractivity contribution < 1.29 is 4.57 Å². The fraction of sp³-hybridized carbons (Fsp3) is 0.812. The van der Waals surface area contributed by atoms with Crippen molar-refractivity contribution in [3.63, 3.8) is 0 Å². The highest BCUT2D eigenvalue weighted by molar-refractivity contribution is 4.89. The standard InChI is InChI=1S/C16H31N2/c1-5-7-9-10-12-18-14-13-17(11-8-6-2)16(18)15(3)4/h13-15H,5-12H2,1-4H3/q+1. The first-order valence-corrected chi connectivity index (χ1v) is 7.79. The highest BCUT2D eigenvalue weighted by Crippen LogP contribution is 2.12. The van der Waals surface area contributed by atoms with Crippen molar-refractivity contribution in [2.75, 3.05) is 0 Å². The van der Waals surface area contributed by atoms with Gasteiger partial charge in [-0.25, -0.2) is 9.13 Å². The van der Waals surface area contributed by atoms with E-state index in [2.05, 4.69) is 49.2 Å². The van der Waals surface area contributed by atoms with Crippen molar-refractivity contribution in [2.45, 2.75) is 85.2 Å². The third-order valence-corrected chi connectivity index (χ3v) is 3.54. The fourth-order valence-electron chi connectivity index (χ4n) is 2.56. The number of aryl methyl sites for hydroxylation is 2. The molecule has 1 rings (SSSR count). The van der Waals surface area contributed by atoms with Crippen LogP contribution in [0.1, 0.15) is 78.0 Å². The molecule has 0 amide bonds. The smallest absolute Gasteiger partial charge is 0.234 e. The summed E-state index contributed by atoms with van der Waals surface area (Å²) in [6.45, 7) is 11.5. The largest absolute Gasteiger partial charge is 0.258 e. The van der Waals surface area contributed by atoms with Crippen LogP contribution in [0.4, 0.5) is 0 Å². The quantitative estimate of drug-likeness (QED) is 0.457. The summed E-state index contributed by atoms with van der Waals surface area (Å²) < 4.78 is 4.92. The van der Waals surface area contributed by atoms with Crippen LogP contribution in [0.25, 0.3) is 0 Å². The van der Waals surface area contributed by atoms with E-state index in [1.54, 1.807) is 0 Å². The molecule has 0 aliphatic carbocycles. The summed E-state index contributed by atoms with van der Waals surface area (Å²) in [5, 5.41) is 0. The lowest BCUT2D eigenvalue weighted by molar-refractivity contribution is -0.705. The molecular weight excluding hydrogens is 220 g/mol. The minimum atomic E-state index is 0.614. The molecule has 0 atom stereocenters. The maximum absolute atomic E-state index is 2.47. The Balaban J connectivity index is 2.63. The molecule has 0 aliphatic heterocycles. The molecule has 0 bridgehead atoms. The van der Waals surface area contributed by atoms with Crippen molar-refractivity contribution >= 4 is 0 Å². The van der Waals surface area contributed by atoms with Crippen LogP contribution >= 0.6 is 0 Å². The van der Waals surface area contributed by atoms with Gasteiger partial charge in [-0.2, -0.15) is 0 Å². The van der Waals surface area contributed by atoms with Gasteiger partial charge in [-0.15, -0.1) is 0 Å². The number of aromatic nitrogens is 2. The zero-order valence-electron chi connectivity index (χ0n) is 12.8. The summed E-state index contributed by atoms with van der Waals surface area (Å²) in [7, 11) is 0. The van der Waals surface area contributed by atoms with Crippen molar-refractivity contribution in [1.29, 1.82) is 0 Å². The van der Waals surface area contributed by atoms with Gasteiger partial charge in [0.05, 0.1) is 19.0 Å². The average molecular weight is 251 g/mol. The number of imidazole rings is 1. The van der Waals surface area contributed by atoms with Gasteiger partial charge in [0, 0.05) is 0 Å². The van der Waals surface area contributed by atoms with Crippen molar-refractivity contribution in [2.24, 2.45) is 0 Å². The molecule has 0 spiro atoms. The molecule has 2 nitrogen and oxygen atoms in total. The topological polar surface area (TPSA) is 8.81 Å². The van der Waals surface area contributed by atoms with Gasteiger partial charge in [0.25, 0.3) is 5.82 Å². The van der Waals surface area contributed by atoms with E-state index in [0.717, 1.165) is 0 Å². The van der Waals surface area contributed by atoms with E-state index in [1.807, 2.05) is 0 Å². The molecule has 0 N–H and O–H groups in total. The summed E-state index contributed by atoms with van der Waals surface area (Å²) >= 11 is 0. The van der Waals surface area contributed by atoms with Gasteiger partial charge in [-0.05, 0) is 19.3 Å². The Morgan fingerprint density at radius 2 is 1.78 bits per heavy atom. The Labute approximate surface area is 113 Å². The van der Waals surface area contributed by atoms with Crippen LogP contribution in [0, 0.1) is 0 Å². The third kappa shape index (κ3) is 4.47. The summed E-state index contributed by atoms with van der Waals surface area (Å²) in [6, 6.07) is 0. The first-order chi connectivity index (χ1) is 8.70. The third-order valence-electron chi connectivity index (χ3n) is 3.54. The maximum Gasteiger partial charge on any atom is 0.258 e. The Bertz CT molecular complexity index is 326. The molecule has 18 heavy (non-hydrogen) atoms. The van der Waals surface area contributed by atoms with Crippen LogP contribution in [0.15, 0.2) is 12.4 Å². The van der Waals surface area contributed by atoms with Crippen LogP contribution in [0.5, 0.6) is 0 Å². The lowest BCUT2D eigenvalue weighted by Crippen LogP contribution is -2.38. The minimum Gasteiger partial charge on any atom is -0.234 e. The Hall–Kier alpha value is -0.790. The molecular formula is C16H31N2+. The summed E-state index contributed by atoms with van der Waals surface area (Å²) in [4.78, 5) is 0. The van der Waals surface area contributed by atoms with E-state index in [-0.39, 0.29) is 0 Å². The first-order valence-electron chi connectivity index (χ1n) is 7.79. The molecule has 0 saturated carbocycles. The van der Waals surface area contributed by atoms with Crippen molar-refractivity contribution in [1.82, 2.24) is 4.57 Å². The van der Waals surface area contributed by atoms with Gasteiger partial charge in [0.1, 0.15) is 12.4 Å². The molecule has 2 heteroatoms. The van der Waals surface area contributed by atoms with Crippen LogP contribution in [-0.4, -0.2) is 4.57 Å². The van der Waals surface area contributed by atoms with E-state index in [9.17, 15) is 0 Å². The van der Waals surface area contributed by atoms with Crippen molar-refractivity contribution in [3.8, 4) is 0 Å². The number of hydrogen-bond donors (Lipinski definition) is 0. The van der Waals surface area contributed by atoms with Crippen LogP contribution in [0.2, 0.25) is 0 Å². The van der Waals surface area contributed by atoms with E-state index in [1.165, 1.54) is 57.4 Å². The summed E-state index contributed by atoms with van der Waals surface area (Å²) in [6.07, 6.45) is 12.5. The average Bonchev–Trinajstić information content (AvgIpc) is 2.75.